The van der Waals surface area contributed by atoms with Crippen LogP contribution in [0.15, 0.2) is 48.6 Å². The Bertz CT molecular complexity index is 832. The highest BCUT2D eigenvalue weighted by atomic mass is 35.5. The number of aliphatic hydroxyl groups is 1. The Morgan fingerprint density at radius 3 is 1.97 bits per heavy atom. The number of rotatable bonds is 6. The van der Waals surface area contributed by atoms with Crippen LogP contribution in [0.4, 0.5) is 0 Å². The van der Waals surface area contributed by atoms with E-state index in [-0.39, 0.29) is 36.2 Å². The third-order valence-electron chi connectivity index (χ3n) is 4.64. The molecule has 1 aliphatic rings. The number of allylic oxidation sites excluding steroid dienone is 2. The van der Waals surface area contributed by atoms with E-state index < -0.39 is 0 Å². The van der Waals surface area contributed by atoms with Crippen molar-refractivity contribution in [3.8, 4) is 0 Å². The number of carbonyl (C=O) groups excluding carboxylic acids is 3. The summed E-state index contributed by atoms with van der Waals surface area (Å²) in [5, 5.41) is 11.7. The van der Waals surface area contributed by atoms with Crippen LogP contribution in [-0.2, 0) is 9.59 Å². The highest BCUT2D eigenvalue weighted by Gasteiger charge is 2.29. The molecule has 1 aromatic heterocycles. The zero-order valence-corrected chi connectivity index (χ0v) is 27.2. The number of thiophene rings is 1. The number of halogens is 1. The van der Waals surface area contributed by atoms with Crippen molar-refractivity contribution < 1.29 is 19.5 Å². The molecule has 0 radical (unpaired) electrons. The maximum atomic E-state index is 12.1. The Morgan fingerprint density at radius 1 is 1.16 bits per heavy atom. The number of carbonyl (C=O) groups is 3. The van der Waals surface area contributed by atoms with Crippen molar-refractivity contribution >= 4 is 40.5 Å². The molecule has 8 heteroatoms. The monoisotopic (exact) mass is 572 g/mol. The van der Waals surface area contributed by atoms with Crippen LogP contribution in [0.2, 0.25) is 4.34 Å². The summed E-state index contributed by atoms with van der Waals surface area (Å²) in [4.78, 5) is 35.5. The van der Waals surface area contributed by atoms with Crippen LogP contribution < -0.4 is 5.32 Å². The van der Waals surface area contributed by atoms with E-state index in [0.29, 0.717) is 16.5 Å². The van der Waals surface area contributed by atoms with Gasteiger partial charge in [0.05, 0.1) is 21.9 Å². The number of likely N-dealkylation sites (tertiary alicyclic amines) is 1. The van der Waals surface area contributed by atoms with Gasteiger partial charge in [-0.3, -0.25) is 14.4 Å². The Hall–Kier alpha value is -2.22. The van der Waals surface area contributed by atoms with Gasteiger partial charge in [0.1, 0.15) is 0 Å². The van der Waals surface area contributed by atoms with E-state index >= 15 is 0 Å². The number of hydrogen-bond acceptors (Lipinski definition) is 5. The Balaban J connectivity index is -0.000000223. The topological polar surface area (TPSA) is 86.7 Å². The molecule has 1 atom stereocenters. The molecule has 0 bridgehead atoms. The van der Waals surface area contributed by atoms with Gasteiger partial charge in [-0.15, -0.1) is 11.3 Å². The highest BCUT2D eigenvalue weighted by Crippen LogP contribution is 2.22. The van der Waals surface area contributed by atoms with Crippen molar-refractivity contribution in [3.63, 3.8) is 0 Å². The Kier molecular flexibility index (Phi) is 31.4. The van der Waals surface area contributed by atoms with Crippen LogP contribution in [0.25, 0.3) is 0 Å². The Morgan fingerprint density at radius 2 is 1.68 bits per heavy atom. The van der Waals surface area contributed by atoms with E-state index in [1.807, 2.05) is 62.3 Å². The maximum absolute atomic E-state index is 12.1. The summed E-state index contributed by atoms with van der Waals surface area (Å²) in [6.45, 7) is 27.2. The van der Waals surface area contributed by atoms with Gasteiger partial charge in [-0.05, 0) is 44.4 Å². The molecule has 2 N–H and O–H groups in total. The van der Waals surface area contributed by atoms with Gasteiger partial charge in [0, 0.05) is 25.1 Å². The number of nitrogens with zero attached hydrogens (tertiary/aromatic N) is 1. The standard InChI is InChI=1S/C13H19NO2.C6H5ClOS.C5H11NO.3C2H6/c1-4-6-10(2)11(3)13(16)14-8-5-7-12(14)9-15;1-4(8)5-2-3-6(7)9-5;1-4(2)5(7)6-3;3*1-2/h4,6,12,15H,1,3,5,7-9H2,2H3;2-3H,1H3;4H,1-3H3,(H,6,7);3*1-2H3/b10-6-;;;;;. The molecule has 1 saturated heterocycles. The first kappa shape index (κ1) is 42.9. The molecule has 1 fully saturated rings. The highest BCUT2D eigenvalue weighted by molar-refractivity contribution is 7.18. The lowest BCUT2D eigenvalue weighted by Crippen LogP contribution is -2.38. The van der Waals surface area contributed by atoms with E-state index in [2.05, 4.69) is 18.5 Å². The lowest BCUT2D eigenvalue weighted by molar-refractivity contribution is -0.128. The minimum Gasteiger partial charge on any atom is -0.394 e. The predicted molar refractivity (Wildman–Crippen MR) is 167 cm³/mol. The van der Waals surface area contributed by atoms with E-state index in [1.165, 1.54) is 18.3 Å². The molecule has 1 aliphatic heterocycles. The second kappa shape index (κ2) is 27.8. The minimum atomic E-state index is -0.0767. The van der Waals surface area contributed by atoms with Gasteiger partial charge in [-0.2, -0.15) is 0 Å². The quantitative estimate of drug-likeness (QED) is 0.207. The van der Waals surface area contributed by atoms with Crippen LogP contribution in [0.1, 0.15) is 91.8 Å². The first-order chi connectivity index (χ1) is 18.0. The lowest BCUT2D eigenvalue weighted by Gasteiger charge is -2.24. The fourth-order valence-corrected chi connectivity index (χ4v) is 3.64. The van der Waals surface area contributed by atoms with Gasteiger partial charge in [0.15, 0.2) is 5.78 Å². The van der Waals surface area contributed by atoms with Gasteiger partial charge in [0.2, 0.25) is 5.91 Å². The molecular weight excluding hydrogens is 520 g/mol. The maximum Gasteiger partial charge on any atom is 0.253 e. The van der Waals surface area contributed by atoms with Gasteiger partial charge >= 0.3 is 0 Å². The number of hydrogen-bond donors (Lipinski definition) is 2. The second-order valence-electron chi connectivity index (χ2n) is 7.47. The second-order valence-corrected chi connectivity index (χ2v) is 9.19. The van der Waals surface area contributed by atoms with E-state index in [1.54, 1.807) is 36.2 Å². The van der Waals surface area contributed by atoms with E-state index in [4.69, 9.17) is 16.7 Å². The lowest BCUT2D eigenvalue weighted by atomic mass is 10.1. The van der Waals surface area contributed by atoms with Crippen LogP contribution in [0, 0.1) is 5.92 Å². The number of nitrogens with one attached hydrogen (secondary N) is 1. The summed E-state index contributed by atoms with van der Waals surface area (Å²) in [6, 6.07) is 3.42. The predicted octanol–water partition coefficient (Wildman–Crippen LogP) is 7.73. The van der Waals surface area contributed by atoms with Gasteiger partial charge in [-0.1, -0.05) is 92.3 Å². The molecular formula is C30H53ClN2O4S. The van der Waals surface area contributed by atoms with Crippen molar-refractivity contribution in [2.75, 3.05) is 20.2 Å². The fourth-order valence-electron chi connectivity index (χ4n) is 2.70. The van der Waals surface area contributed by atoms with Crippen LogP contribution in [0.3, 0.4) is 0 Å². The zero-order chi connectivity index (χ0) is 30.8. The smallest absolute Gasteiger partial charge is 0.253 e. The van der Waals surface area contributed by atoms with Crippen molar-refractivity contribution in [3.05, 3.63) is 57.8 Å². The van der Waals surface area contributed by atoms with Crippen LogP contribution in [-0.4, -0.2) is 53.8 Å². The average Bonchev–Trinajstić information content (AvgIpc) is 3.60. The molecule has 0 spiro atoms. The number of amides is 2. The fraction of sp³-hybridized carbons (Fsp3) is 0.567. The third-order valence-corrected chi connectivity index (χ3v) is 5.97. The molecule has 2 heterocycles. The molecule has 220 valence electrons. The summed E-state index contributed by atoms with van der Waals surface area (Å²) in [5.41, 5.74) is 1.31. The normalized spacial score (nSPS) is 13.3. The molecule has 38 heavy (non-hydrogen) atoms. The zero-order valence-electron chi connectivity index (χ0n) is 25.6. The Labute approximate surface area is 241 Å². The first-order valence-corrected chi connectivity index (χ1v) is 14.6. The molecule has 2 amide bonds. The van der Waals surface area contributed by atoms with E-state index in [0.717, 1.165) is 23.3 Å². The van der Waals surface area contributed by atoms with Gasteiger partial charge in [0.25, 0.3) is 5.91 Å². The molecule has 0 aliphatic carbocycles. The molecule has 1 unspecified atom stereocenters. The number of ketones is 1. The minimum absolute atomic E-state index is 0.0310. The van der Waals surface area contributed by atoms with Crippen molar-refractivity contribution in [2.45, 2.75) is 88.1 Å². The SMILES string of the molecule is C=C/C=C(/C)C(=C)C(=O)N1CCCC1CO.CC.CC.CC.CC(=O)c1ccc(Cl)s1.CNC(=O)C(C)C. The summed E-state index contributed by atoms with van der Waals surface area (Å²) in [6.07, 6.45) is 5.24. The number of aliphatic hydroxyl groups excluding tert-OH is 1. The average molecular weight is 573 g/mol. The molecule has 0 saturated carbocycles. The van der Waals surface area contributed by atoms with Crippen LogP contribution in [0.5, 0.6) is 0 Å². The first-order valence-electron chi connectivity index (χ1n) is 13.4. The van der Waals surface area contributed by atoms with Gasteiger partial charge in [-0.25, -0.2) is 0 Å². The summed E-state index contributed by atoms with van der Waals surface area (Å²) < 4.78 is 0.667. The van der Waals surface area contributed by atoms with Crippen molar-refractivity contribution in [1.29, 1.82) is 0 Å². The largest absolute Gasteiger partial charge is 0.394 e. The van der Waals surface area contributed by atoms with Crippen LogP contribution >= 0.6 is 22.9 Å². The van der Waals surface area contributed by atoms with E-state index in [9.17, 15) is 14.4 Å². The molecule has 2 rings (SSSR count). The molecule has 6 nitrogen and oxygen atoms in total. The summed E-state index contributed by atoms with van der Waals surface area (Å²) in [5.74, 6) is 0.212. The van der Waals surface area contributed by atoms with Gasteiger partial charge < -0.3 is 15.3 Å². The number of Topliss-reactive ketones (excluding diaryl/α,β-unsaturated/α-hetero) is 1. The van der Waals surface area contributed by atoms with Crippen molar-refractivity contribution in [1.82, 2.24) is 10.2 Å². The molecule has 0 aromatic carbocycles. The van der Waals surface area contributed by atoms with Crippen molar-refractivity contribution in [2.24, 2.45) is 5.92 Å². The molecule has 1 aromatic rings. The summed E-state index contributed by atoms with van der Waals surface area (Å²) >= 11 is 6.88. The summed E-state index contributed by atoms with van der Waals surface area (Å²) in [7, 11) is 1.64. The third kappa shape index (κ3) is 18.9.